The van der Waals surface area contributed by atoms with E-state index < -0.39 is 5.97 Å². The van der Waals surface area contributed by atoms with Gasteiger partial charge in [-0.1, -0.05) is 0 Å². The van der Waals surface area contributed by atoms with Gasteiger partial charge in [0.05, 0.1) is 18.4 Å². The van der Waals surface area contributed by atoms with Gasteiger partial charge in [-0.15, -0.1) is 0 Å². The predicted octanol–water partition coefficient (Wildman–Crippen LogP) is 1.06. The van der Waals surface area contributed by atoms with Crippen molar-refractivity contribution in [1.82, 2.24) is 14.7 Å². The van der Waals surface area contributed by atoms with E-state index >= 15 is 0 Å². The lowest BCUT2D eigenvalue weighted by atomic mass is 10.1. The molecule has 0 saturated heterocycles. The third kappa shape index (κ3) is 3.13. The van der Waals surface area contributed by atoms with Crippen LogP contribution in [0, 0.1) is 13.8 Å². The van der Waals surface area contributed by atoms with Gasteiger partial charge in [0, 0.05) is 18.8 Å². The Labute approximate surface area is 113 Å². The van der Waals surface area contributed by atoms with E-state index in [1.54, 1.807) is 18.7 Å². The first-order valence-electron chi connectivity index (χ1n) is 6.17. The predicted molar refractivity (Wildman–Crippen MR) is 70.9 cm³/mol. The fourth-order valence-electron chi connectivity index (χ4n) is 1.92. The molecule has 0 atom stereocenters. The lowest BCUT2D eigenvalue weighted by Gasteiger charge is -2.25. The quantitative estimate of drug-likeness (QED) is 0.765. The summed E-state index contributed by atoms with van der Waals surface area (Å²) in [5.41, 5.74) is 2.01. The summed E-state index contributed by atoms with van der Waals surface area (Å²) in [7, 11) is 3.10. The van der Waals surface area contributed by atoms with Gasteiger partial charge in [0.25, 0.3) is 5.91 Å². The zero-order valence-electron chi connectivity index (χ0n) is 12.4. The molecule has 106 valence electrons. The van der Waals surface area contributed by atoms with Crippen molar-refractivity contribution < 1.29 is 14.3 Å². The summed E-state index contributed by atoms with van der Waals surface area (Å²) in [6.07, 6.45) is 0. The van der Waals surface area contributed by atoms with Crippen molar-refractivity contribution in [2.75, 3.05) is 13.7 Å². The van der Waals surface area contributed by atoms with Crippen LogP contribution in [-0.2, 0) is 16.6 Å². The molecule has 0 aliphatic heterocycles. The molecule has 1 rings (SSSR count). The van der Waals surface area contributed by atoms with Crippen LogP contribution in [0.25, 0.3) is 0 Å². The molecule has 0 unspecified atom stereocenters. The third-order valence-corrected chi connectivity index (χ3v) is 3.13. The Bertz CT molecular complexity index is 492. The highest BCUT2D eigenvalue weighted by atomic mass is 16.5. The van der Waals surface area contributed by atoms with Crippen molar-refractivity contribution in [2.45, 2.75) is 33.7 Å². The number of hydrogen-bond acceptors (Lipinski definition) is 4. The van der Waals surface area contributed by atoms with Gasteiger partial charge in [-0.05, 0) is 27.7 Å². The zero-order chi connectivity index (χ0) is 14.7. The average Bonchev–Trinajstić information content (AvgIpc) is 2.58. The molecule has 0 N–H and O–H groups in total. The van der Waals surface area contributed by atoms with Gasteiger partial charge >= 0.3 is 5.97 Å². The largest absolute Gasteiger partial charge is 0.468 e. The first-order chi connectivity index (χ1) is 8.79. The second-order valence-corrected chi connectivity index (χ2v) is 4.77. The first kappa shape index (κ1) is 15.2. The zero-order valence-corrected chi connectivity index (χ0v) is 12.4. The van der Waals surface area contributed by atoms with Crippen LogP contribution in [0.5, 0.6) is 0 Å². The van der Waals surface area contributed by atoms with E-state index in [-0.39, 0.29) is 18.5 Å². The topological polar surface area (TPSA) is 64.4 Å². The number of aromatic nitrogens is 2. The monoisotopic (exact) mass is 267 g/mol. The fourth-order valence-corrected chi connectivity index (χ4v) is 1.92. The minimum Gasteiger partial charge on any atom is -0.468 e. The second-order valence-electron chi connectivity index (χ2n) is 4.77. The van der Waals surface area contributed by atoms with Gasteiger partial charge < -0.3 is 9.64 Å². The number of ether oxygens (including phenoxy) is 1. The molecular formula is C13H21N3O3. The summed E-state index contributed by atoms with van der Waals surface area (Å²) in [6, 6.07) is -0.0920. The fraction of sp³-hybridized carbons (Fsp3) is 0.615. The highest BCUT2D eigenvalue weighted by molar-refractivity contribution is 5.98. The van der Waals surface area contributed by atoms with E-state index in [0.717, 1.165) is 5.69 Å². The van der Waals surface area contributed by atoms with Gasteiger partial charge in [0.1, 0.15) is 6.54 Å². The summed E-state index contributed by atoms with van der Waals surface area (Å²) in [4.78, 5) is 25.4. The van der Waals surface area contributed by atoms with Crippen LogP contribution in [0.3, 0.4) is 0 Å². The molecule has 1 heterocycles. The molecule has 0 aliphatic carbocycles. The number of amides is 1. The van der Waals surface area contributed by atoms with Crippen molar-refractivity contribution in [1.29, 1.82) is 0 Å². The van der Waals surface area contributed by atoms with Gasteiger partial charge in [0.2, 0.25) is 0 Å². The number of methoxy groups -OCH3 is 1. The standard InChI is InChI=1S/C13H21N3O3/c1-8(2)16(7-11(17)19-6)13(18)12-9(3)14-15(5)10(12)4/h8H,7H2,1-6H3. The smallest absolute Gasteiger partial charge is 0.325 e. The highest BCUT2D eigenvalue weighted by Crippen LogP contribution is 2.16. The first-order valence-corrected chi connectivity index (χ1v) is 6.17. The molecule has 1 aromatic heterocycles. The van der Waals surface area contributed by atoms with Crippen LogP contribution in [0.2, 0.25) is 0 Å². The van der Waals surface area contributed by atoms with Crippen LogP contribution in [-0.4, -0.2) is 46.3 Å². The van der Waals surface area contributed by atoms with Crippen LogP contribution in [0.15, 0.2) is 0 Å². The van der Waals surface area contributed by atoms with Gasteiger partial charge in [-0.25, -0.2) is 0 Å². The Morgan fingerprint density at radius 2 is 1.95 bits per heavy atom. The maximum Gasteiger partial charge on any atom is 0.325 e. The van der Waals surface area contributed by atoms with Crippen LogP contribution >= 0.6 is 0 Å². The molecule has 0 aliphatic rings. The minimum absolute atomic E-state index is 0.0548. The van der Waals surface area contributed by atoms with Crippen molar-refractivity contribution in [2.24, 2.45) is 7.05 Å². The van der Waals surface area contributed by atoms with E-state index in [0.29, 0.717) is 11.3 Å². The number of hydrogen-bond donors (Lipinski definition) is 0. The molecule has 1 amide bonds. The summed E-state index contributed by atoms with van der Waals surface area (Å²) in [5, 5.41) is 4.23. The van der Waals surface area contributed by atoms with E-state index in [2.05, 4.69) is 9.84 Å². The Hall–Kier alpha value is -1.85. The molecule has 0 bridgehead atoms. The molecule has 0 radical (unpaired) electrons. The second kappa shape index (κ2) is 5.86. The van der Waals surface area contributed by atoms with E-state index in [1.807, 2.05) is 20.8 Å². The highest BCUT2D eigenvalue weighted by Gasteiger charge is 2.26. The number of aryl methyl sites for hydroxylation is 2. The summed E-state index contributed by atoms with van der Waals surface area (Å²) in [6.45, 7) is 7.30. The molecule has 0 saturated carbocycles. The summed E-state index contributed by atoms with van der Waals surface area (Å²) < 4.78 is 6.29. The molecule has 0 spiro atoms. The summed E-state index contributed by atoms with van der Waals surface area (Å²) in [5.74, 6) is -0.621. The Morgan fingerprint density at radius 3 is 2.32 bits per heavy atom. The normalized spacial score (nSPS) is 10.7. The van der Waals surface area contributed by atoms with Crippen molar-refractivity contribution in [3.8, 4) is 0 Å². The average molecular weight is 267 g/mol. The lowest BCUT2D eigenvalue weighted by molar-refractivity contribution is -0.141. The SMILES string of the molecule is COC(=O)CN(C(=O)c1c(C)nn(C)c1C)C(C)C. The molecule has 1 aromatic rings. The van der Waals surface area contributed by atoms with Crippen LogP contribution in [0.1, 0.15) is 35.6 Å². The molecule has 6 nitrogen and oxygen atoms in total. The maximum atomic E-state index is 12.6. The van der Waals surface area contributed by atoms with Crippen molar-refractivity contribution in [3.63, 3.8) is 0 Å². The number of esters is 1. The number of carbonyl (C=O) groups is 2. The number of carbonyl (C=O) groups excluding carboxylic acids is 2. The molecule has 6 heteroatoms. The number of rotatable bonds is 4. The Morgan fingerprint density at radius 1 is 1.37 bits per heavy atom. The van der Waals surface area contributed by atoms with Gasteiger partial charge in [-0.3, -0.25) is 14.3 Å². The van der Waals surface area contributed by atoms with E-state index in [4.69, 9.17) is 0 Å². The Balaban J connectivity index is 3.09. The molecule has 19 heavy (non-hydrogen) atoms. The van der Waals surface area contributed by atoms with Crippen molar-refractivity contribution >= 4 is 11.9 Å². The van der Waals surface area contributed by atoms with E-state index in [9.17, 15) is 9.59 Å². The molecule has 0 fully saturated rings. The lowest BCUT2D eigenvalue weighted by Crippen LogP contribution is -2.41. The summed E-state index contributed by atoms with van der Waals surface area (Å²) >= 11 is 0. The van der Waals surface area contributed by atoms with Crippen molar-refractivity contribution in [3.05, 3.63) is 17.0 Å². The third-order valence-electron chi connectivity index (χ3n) is 3.13. The van der Waals surface area contributed by atoms with Gasteiger partial charge in [0.15, 0.2) is 0 Å². The van der Waals surface area contributed by atoms with Gasteiger partial charge in [-0.2, -0.15) is 5.10 Å². The minimum atomic E-state index is -0.429. The Kier molecular flexibility index (Phi) is 4.69. The number of nitrogens with zero attached hydrogens (tertiary/aromatic N) is 3. The maximum absolute atomic E-state index is 12.6. The van der Waals surface area contributed by atoms with Crippen LogP contribution in [0.4, 0.5) is 0 Å². The molecule has 0 aromatic carbocycles. The van der Waals surface area contributed by atoms with Crippen LogP contribution < -0.4 is 0 Å². The molecular weight excluding hydrogens is 246 g/mol. The van der Waals surface area contributed by atoms with E-state index in [1.165, 1.54) is 12.0 Å².